The van der Waals surface area contributed by atoms with Crippen molar-refractivity contribution >= 4 is 18.0 Å². The van der Waals surface area contributed by atoms with E-state index in [1.54, 1.807) is 0 Å². The predicted molar refractivity (Wildman–Crippen MR) is 126 cm³/mol. The molecule has 2 aromatic rings. The molecule has 0 bridgehead atoms. The second-order valence-corrected chi connectivity index (χ2v) is 8.08. The molecule has 0 aliphatic rings. The lowest BCUT2D eigenvalue weighted by Crippen LogP contribution is -2.20. The van der Waals surface area contributed by atoms with Crippen molar-refractivity contribution in [1.82, 2.24) is 4.90 Å². The average Bonchev–Trinajstić information content (AvgIpc) is 2.74. The Kier molecular flexibility index (Phi) is 8.64. The second-order valence-electron chi connectivity index (χ2n) is 8.08. The molecule has 2 aromatic carbocycles. The Bertz CT molecular complexity index is 867. The summed E-state index contributed by atoms with van der Waals surface area (Å²) in [7, 11) is 1.99. The summed E-state index contributed by atoms with van der Waals surface area (Å²) in [5.74, 6) is 0.0146. The number of benzene rings is 2. The zero-order valence-electron chi connectivity index (χ0n) is 19.5. The highest BCUT2D eigenvalue weighted by atomic mass is 16.5. The van der Waals surface area contributed by atoms with Gasteiger partial charge in [-0.25, -0.2) is 9.79 Å². The molecular formula is C26H36N2O2. The number of esters is 1. The number of ether oxygens (including phenoxy) is 1. The predicted octanol–water partition coefficient (Wildman–Crippen LogP) is 6.56. The lowest BCUT2D eigenvalue weighted by atomic mass is 9.90. The molecule has 0 aliphatic heterocycles. The normalized spacial score (nSPS) is 12.4. The average molecular weight is 409 g/mol. The fourth-order valence-corrected chi connectivity index (χ4v) is 3.49. The molecule has 4 nitrogen and oxygen atoms in total. The van der Waals surface area contributed by atoms with Crippen molar-refractivity contribution in [2.24, 2.45) is 10.9 Å². The van der Waals surface area contributed by atoms with Gasteiger partial charge in [-0.2, -0.15) is 0 Å². The third-order valence-corrected chi connectivity index (χ3v) is 5.77. The Morgan fingerprint density at radius 2 is 1.67 bits per heavy atom. The molecule has 162 valence electrons. The molecule has 0 saturated heterocycles. The van der Waals surface area contributed by atoms with E-state index in [9.17, 15) is 4.79 Å². The Labute approximate surface area is 182 Å². The lowest BCUT2D eigenvalue weighted by Gasteiger charge is -2.26. The van der Waals surface area contributed by atoms with Crippen LogP contribution in [-0.2, 0) is 4.74 Å². The first-order valence-corrected chi connectivity index (χ1v) is 10.9. The molecule has 2 rings (SSSR count). The summed E-state index contributed by atoms with van der Waals surface area (Å²) in [4.78, 5) is 19.7. The Balaban J connectivity index is 2.31. The van der Waals surface area contributed by atoms with E-state index in [-0.39, 0.29) is 18.0 Å². The van der Waals surface area contributed by atoms with Crippen LogP contribution >= 0.6 is 0 Å². The topological polar surface area (TPSA) is 41.9 Å². The van der Waals surface area contributed by atoms with Crippen molar-refractivity contribution in [2.75, 3.05) is 13.6 Å². The Hall–Kier alpha value is -2.62. The van der Waals surface area contributed by atoms with Crippen molar-refractivity contribution < 1.29 is 9.53 Å². The molecule has 1 atom stereocenters. The maximum absolute atomic E-state index is 13.2. The van der Waals surface area contributed by atoms with Gasteiger partial charge >= 0.3 is 5.97 Å². The van der Waals surface area contributed by atoms with Crippen LogP contribution in [0.15, 0.2) is 41.4 Å². The van der Waals surface area contributed by atoms with Gasteiger partial charge in [-0.05, 0) is 75.3 Å². The van der Waals surface area contributed by atoms with Crippen LogP contribution < -0.4 is 0 Å². The number of carbonyl (C=O) groups is 1. The Morgan fingerprint density at radius 3 is 2.23 bits per heavy atom. The van der Waals surface area contributed by atoms with E-state index in [0.29, 0.717) is 5.56 Å². The van der Waals surface area contributed by atoms with Gasteiger partial charge in [-0.15, -0.1) is 0 Å². The SMILES string of the molecule is CCC(CC)C(OC(=O)c1cc(C)c(/N=C/N(C)CC)cc1C)c1ccc(C)cc1. The highest BCUT2D eigenvalue weighted by Gasteiger charge is 2.26. The van der Waals surface area contributed by atoms with Crippen LogP contribution in [0.1, 0.15) is 72.3 Å². The number of rotatable bonds is 9. The summed E-state index contributed by atoms with van der Waals surface area (Å²) in [5, 5.41) is 0. The number of aliphatic imine (C=N–C) groups is 1. The quantitative estimate of drug-likeness (QED) is 0.268. The van der Waals surface area contributed by atoms with Gasteiger partial charge in [0.15, 0.2) is 0 Å². The molecule has 4 heteroatoms. The monoisotopic (exact) mass is 408 g/mol. The summed E-state index contributed by atoms with van der Waals surface area (Å²) in [6, 6.07) is 12.2. The first kappa shape index (κ1) is 23.7. The van der Waals surface area contributed by atoms with Gasteiger partial charge in [0.1, 0.15) is 6.10 Å². The molecule has 0 radical (unpaired) electrons. The second kappa shape index (κ2) is 11.0. The molecular weight excluding hydrogens is 372 g/mol. The van der Waals surface area contributed by atoms with Crippen LogP contribution in [0.25, 0.3) is 0 Å². The molecule has 0 aromatic heterocycles. The molecule has 0 aliphatic carbocycles. The first-order chi connectivity index (χ1) is 14.3. The summed E-state index contributed by atoms with van der Waals surface area (Å²) in [5.41, 5.74) is 5.58. The first-order valence-electron chi connectivity index (χ1n) is 10.9. The molecule has 0 amide bonds. The number of carbonyl (C=O) groups excluding carboxylic acids is 1. The fraction of sp³-hybridized carbons (Fsp3) is 0.462. The van der Waals surface area contributed by atoms with Crippen molar-refractivity contribution in [2.45, 2.75) is 60.5 Å². The largest absolute Gasteiger partial charge is 0.454 e. The van der Waals surface area contributed by atoms with Crippen molar-refractivity contribution in [3.63, 3.8) is 0 Å². The van der Waals surface area contributed by atoms with Gasteiger partial charge in [0, 0.05) is 13.6 Å². The van der Waals surface area contributed by atoms with Gasteiger partial charge in [0.2, 0.25) is 0 Å². The van der Waals surface area contributed by atoms with Gasteiger partial charge in [0.05, 0.1) is 17.6 Å². The van der Waals surface area contributed by atoms with Crippen LogP contribution in [-0.4, -0.2) is 30.8 Å². The lowest BCUT2D eigenvalue weighted by molar-refractivity contribution is 0.0115. The number of nitrogens with zero attached hydrogens (tertiary/aromatic N) is 2. The standard InChI is InChI=1S/C26H36N2O2/c1-8-21(9-2)25(22-13-11-18(4)12-14-22)30-26(29)23-15-20(6)24(16-19(23)5)27-17-28(7)10-3/h11-17,21,25H,8-10H2,1-7H3/b27-17+. The Morgan fingerprint density at radius 1 is 1.03 bits per heavy atom. The summed E-state index contributed by atoms with van der Waals surface area (Å²) < 4.78 is 6.11. The van der Waals surface area contributed by atoms with Crippen molar-refractivity contribution in [3.8, 4) is 0 Å². The van der Waals surface area contributed by atoms with E-state index in [1.165, 1.54) is 5.56 Å². The molecule has 30 heavy (non-hydrogen) atoms. The summed E-state index contributed by atoms with van der Waals surface area (Å²) >= 11 is 0. The minimum absolute atomic E-state index is 0.247. The summed E-state index contributed by atoms with van der Waals surface area (Å²) in [6.45, 7) is 13.3. The van der Waals surface area contributed by atoms with Gasteiger partial charge < -0.3 is 9.64 Å². The zero-order chi connectivity index (χ0) is 22.3. The van der Waals surface area contributed by atoms with Crippen LogP contribution in [0.5, 0.6) is 0 Å². The van der Waals surface area contributed by atoms with Crippen molar-refractivity contribution in [1.29, 1.82) is 0 Å². The molecule has 0 fully saturated rings. The van der Waals surface area contributed by atoms with E-state index < -0.39 is 0 Å². The van der Waals surface area contributed by atoms with Gasteiger partial charge in [-0.3, -0.25) is 0 Å². The van der Waals surface area contributed by atoms with Crippen LogP contribution in [0.2, 0.25) is 0 Å². The number of hydrogen-bond donors (Lipinski definition) is 0. The number of hydrogen-bond acceptors (Lipinski definition) is 3. The van der Waals surface area contributed by atoms with Crippen LogP contribution in [0.4, 0.5) is 5.69 Å². The molecule has 0 N–H and O–H groups in total. The minimum atomic E-state index is -0.269. The van der Waals surface area contributed by atoms with Crippen LogP contribution in [0.3, 0.4) is 0 Å². The van der Waals surface area contributed by atoms with E-state index in [0.717, 1.165) is 41.8 Å². The van der Waals surface area contributed by atoms with E-state index in [2.05, 4.69) is 57.0 Å². The highest BCUT2D eigenvalue weighted by Crippen LogP contribution is 2.33. The fourth-order valence-electron chi connectivity index (χ4n) is 3.49. The smallest absolute Gasteiger partial charge is 0.339 e. The molecule has 1 unspecified atom stereocenters. The van der Waals surface area contributed by atoms with Crippen molar-refractivity contribution in [3.05, 3.63) is 64.2 Å². The third-order valence-electron chi connectivity index (χ3n) is 5.77. The maximum Gasteiger partial charge on any atom is 0.339 e. The van der Waals surface area contributed by atoms with Crippen LogP contribution in [0, 0.1) is 26.7 Å². The van der Waals surface area contributed by atoms with E-state index in [1.807, 2.05) is 44.3 Å². The maximum atomic E-state index is 13.2. The number of aryl methyl sites for hydroxylation is 3. The minimum Gasteiger partial charge on any atom is -0.454 e. The molecule has 0 saturated carbocycles. The van der Waals surface area contributed by atoms with Gasteiger partial charge in [0.25, 0.3) is 0 Å². The van der Waals surface area contributed by atoms with E-state index in [4.69, 9.17) is 4.74 Å². The highest BCUT2D eigenvalue weighted by molar-refractivity contribution is 5.92. The van der Waals surface area contributed by atoms with Gasteiger partial charge in [-0.1, -0.05) is 43.7 Å². The molecule has 0 heterocycles. The molecule has 0 spiro atoms. The zero-order valence-corrected chi connectivity index (χ0v) is 19.5. The third kappa shape index (κ3) is 5.94. The summed E-state index contributed by atoms with van der Waals surface area (Å²) in [6.07, 6.45) is 3.49. The van der Waals surface area contributed by atoms with E-state index >= 15 is 0 Å².